The van der Waals surface area contributed by atoms with Crippen LogP contribution >= 0.6 is 11.6 Å². The summed E-state index contributed by atoms with van der Waals surface area (Å²) in [5, 5.41) is 11.2. The molecule has 1 rings (SSSR count). The second-order valence-corrected chi connectivity index (χ2v) is 4.35. The van der Waals surface area contributed by atoms with E-state index >= 15 is 0 Å². The normalized spacial score (nSPS) is 11.9. The standard InChI is InChI=1S/C12H13ClFNO3/c1-7(5-12(17)18)15-11(16)6-8-9(13)3-2-4-10(8)14/h2-4,7H,5-6H2,1H3,(H,15,16)(H,17,18). The number of hydrogen-bond donors (Lipinski definition) is 2. The molecule has 18 heavy (non-hydrogen) atoms. The molecule has 0 aromatic heterocycles. The van der Waals surface area contributed by atoms with Crippen molar-refractivity contribution in [2.45, 2.75) is 25.8 Å². The van der Waals surface area contributed by atoms with E-state index in [1.54, 1.807) is 6.92 Å². The third kappa shape index (κ3) is 4.33. The number of aliphatic carboxylic acids is 1. The summed E-state index contributed by atoms with van der Waals surface area (Å²) in [4.78, 5) is 22.0. The van der Waals surface area contributed by atoms with Gasteiger partial charge in [-0.2, -0.15) is 0 Å². The van der Waals surface area contributed by atoms with Gasteiger partial charge in [-0.1, -0.05) is 17.7 Å². The van der Waals surface area contributed by atoms with Crippen molar-refractivity contribution >= 4 is 23.5 Å². The Kier molecular flexibility index (Phi) is 5.09. The van der Waals surface area contributed by atoms with E-state index < -0.39 is 23.7 Å². The molecular formula is C12H13ClFNO3. The molecule has 0 saturated heterocycles. The molecule has 2 N–H and O–H groups in total. The average molecular weight is 274 g/mol. The fraction of sp³-hybridized carbons (Fsp3) is 0.333. The molecule has 1 aromatic rings. The molecule has 0 spiro atoms. The predicted octanol–water partition coefficient (Wildman–Crippen LogP) is 2.00. The number of nitrogens with one attached hydrogen (secondary N) is 1. The van der Waals surface area contributed by atoms with Gasteiger partial charge < -0.3 is 10.4 Å². The molecule has 1 atom stereocenters. The van der Waals surface area contributed by atoms with E-state index in [-0.39, 0.29) is 23.4 Å². The molecule has 0 aliphatic carbocycles. The third-order valence-corrected chi connectivity index (χ3v) is 2.64. The largest absolute Gasteiger partial charge is 0.481 e. The summed E-state index contributed by atoms with van der Waals surface area (Å²) in [6, 6.07) is 3.65. The summed E-state index contributed by atoms with van der Waals surface area (Å²) in [5.74, 6) is -2.02. The fourth-order valence-electron chi connectivity index (χ4n) is 1.50. The molecule has 1 unspecified atom stereocenters. The first kappa shape index (κ1) is 14.4. The van der Waals surface area contributed by atoms with Crippen molar-refractivity contribution in [2.24, 2.45) is 0 Å². The first-order valence-corrected chi connectivity index (χ1v) is 5.72. The summed E-state index contributed by atoms with van der Waals surface area (Å²) in [6.07, 6.45) is -0.397. The van der Waals surface area contributed by atoms with Crippen molar-refractivity contribution in [2.75, 3.05) is 0 Å². The van der Waals surface area contributed by atoms with Gasteiger partial charge in [0.25, 0.3) is 0 Å². The van der Waals surface area contributed by atoms with Crippen molar-refractivity contribution in [3.05, 3.63) is 34.6 Å². The van der Waals surface area contributed by atoms with Gasteiger partial charge in [0.1, 0.15) is 5.82 Å². The van der Waals surface area contributed by atoms with E-state index in [2.05, 4.69) is 5.32 Å². The number of carbonyl (C=O) groups excluding carboxylic acids is 1. The molecular weight excluding hydrogens is 261 g/mol. The highest BCUT2D eigenvalue weighted by atomic mass is 35.5. The van der Waals surface area contributed by atoms with E-state index in [0.29, 0.717) is 0 Å². The van der Waals surface area contributed by atoms with Crippen molar-refractivity contribution in [3.8, 4) is 0 Å². The molecule has 1 amide bonds. The number of hydrogen-bond acceptors (Lipinski definition) is 2. The Morgan fingerprint density at radius 3 is 2.72 bits per heavy atom. The molecule has 0 radical (unpaired) electrons. The molecule has 0 fully saturated rings. The number of amides is 1. The van der Waals surface area contributed by atoms with Crippen LogP contribution < -0.4 is 5.32 Å². The summed E-state index contributed by atoms with van der Waals surface area (Å²) in [6.45, 7) is 1.56. The number of benzene rings is 1. The summed E-state index contributed by atoms with van der Waals surface area (Å²) in [7, 11) is 0. The molecule has 98 valence electrons. The van der Waals surface area contributed by atoms with Crippen LogP contribution in [0.2, 0.25) is 5.02 Å². The van der Waals surface area contributed by atoms with E-state index in [1.165, 1.54) is 18.2 Å². The van der Waals surface area contributed by atoms with Gasteiger partial charge in [-0.15, -0.1) is 0 Å². The Morgan fingerprint density at radius 1 is 1.50 bits per heavy atom. The highest BCUT2D eigenvalue weighted by Gasteiger charge is 2.15. The molecule has 0 saturated carbocycles. The van der Waals surface area contributed by atoms with Crippen LogP contribution in [0.3, 0.4) is 0 Å². The zero-order valence-electron chi connectivity index (χ0n) is 9.74. The average Bonchev–Trinajstić information content (AvgIpc) is 2.22. The summed E-state index contributed by atoms with van der Waals surface area (Å²) >= 11 is 5.78. The molecule has 0 aliphatic heterocycles. The van der Waals surface area contributed by atoms with Crippen LogP contribution in [0.15, 0.2) is 18.2 Å². The molecule has 0 bridgehead atoms. The first-order chi connectivity index (χ1) is 8.40. The molecule has 0 aliphatic rings. The zero-order chi connectivity index (χ0) is 13.7. The van der Waals surface area contributed by atoms with Crippen molar-refractivity contribution < 1.29 is 19.1 Å². The minimum absolute atomic E-state index is 0.110. The van der Waals surface area contributed by atoms with E-state index in [1.807, 2.05) is 0 Å². The SMILES string of the molecule is CC(CC(=O)O)NC(=O)Cc1c(F)cccc1Cl. The van der Waals surface area contributed by atoms with Crippen LogP contribution in [0.25, 0.3) is 0 Å². The lowest BCUT2D eigenvalue weighted by Crippen LogP contribution is -2.35. The number of carbonyl (C=O) groups is 2. The maximum atomic E-state index is 13.4. The van der Waals surface area contributed by atoms with Crippen LogP contribution in [0, 0.1) is 5.82 Å². The minimum Gasteiger partial charge on any atom is -0.481 e. The summed E-state index contributed by atoms with van der Waals surface area (Å²) in [5.41, 5.74) is 0.110. The van der Waals surface area contributed by atoms with Crippen LogP contribution in [-0.4, -0.2) is 23.0 Å². The Labute approximate surface area is 109 Å². The number of rotatable bonds is 5. The monoisotopic (exact) mass is 273 g/mol. The lowest BCUT2D eigenvalue weighted by atomic mass is 10.1. The molecule has 6 heteroatoms. The Hall–Kier alpha value is -1.62. The van der Waals surface area contributed by atoms with E-state index in [4.69, 9.17) is 16.7 Å². The van der Waals surface area contributed by atoms with Crippen LogP contribution in [0.1, 0.15) is 18.9 Å². The van der Waals surface area contributed by atoms with Crippen LogP contribution in [0.5, 0.6) is 0 Å². The van der Waals surface area contributed by atoms with Gasteiger partial charge in [0.05, 0.1) is 12.8 Å². The lowest BCUT2D eigenvalue weighted by Gasteiger charge is -2.12. The van der Waals surface area contributed by atoms with E-state index in [9.17, 15) is 14.0 Å². The van der Waals surface area contributed by atoms with E-state index in [0.717, 1.165) is 0 Å². The number of carboxylic acids is 1. The third-order valence-electron chi connectivity index (χ3n) is 2.29. The lowest BCUT2D eigenvalue weighted by molar-refractivity contribution is -0.137. The Morgan fingerprint density at radius 2 is 2.17 bits per heavy atom. The topological polar surface area (TPSA) is 66.4 Å². The maximum absolute atomic E-state index is 13.4. The fourth-order valence-corrected chi connectivity index (χ4v) is 1.73. The molecule has 1 aromatic carbocycles. The molecule has 0 heterocycles. The van der Waals surface area contributed by atoms with Gasteiger partial charge in [0.2, 0.25) is 5.91 Å². The number of carboxylic acid groups (broad SMARTS) is 1. The van der Waals surface area contributed by atoms with Gasteiger partial charge >= 0.3 is 5.97 Å². The zero-order valence-corrected chi connectivity index (χ0v) is 10.5. The quantitative estimate of drug-likeness (QED) is 0.862. The molecule has 4 nitrogen and oxygen atoms in total. The highest BCUT2D eigenvalue weighted by Crippen LogP contribution is 2.19. The van der Waals surface area contributed by atoms with Crippen LogP contribution in [-0.2, 0) is 16.0 Å². The van der Waals surface area contributed by atoms with Crippen molar-refractivity contribution in [1.29, 1.82) is 0 Å². The summed E-state index contributed by atoms with van der Waals surface area (Å²) < 4.78 is 13.4. The van der Waals surface area contributed by atoms with Gasteiger partial charge in [-0.25, -0.2) is 4.39 Å². The second-order valence-electron chi connectivity index (χ2n) is 3.94. The number of halogens is 2. The minimum atomic E-state index is -1.01. The van der Waals surface area contributed by atoms with Crippen molar-refractivity contribution in [1.82, 2.24) is 5.32 Å². The van der Waals surface area contributed by atoms with Crippen LogP contribution in [0.4, 0.5) is 4.39 Å². The predicted molar refractivity (Wildman–Crippen MR) is 65.0 cm³/mol. The first-order valence-electron chi connectivity index (χ1n) is 5.34. The van der Waals surface area contributed by atoms with Gasteiger partial charge in [0, 0.05) is 16.6 Å². The second kappa shape index (κ2) is 6.35. The highest BCUT2D eigenvalue weighted by molar-refractivity contribution is 6.31. The van der Waals surface area contributed by atoms with Gasteiger partial charge in [-0.3, -0.25) is 9.59 Å². The maximum Gasteiger partial charge on any atom is 0.305 e. The van der Waals surface area contributed by atoms with Gasteiger partial charge in [-0.05, 0) is 19.1 Å². The Balaban J connectivity index is 2.62. The smallest absolute Gasteiger partial charge is 0.305 e. The van der Waals surface area contributed by atoms with Gasteiger partial charge in [0.15, 0.2) is 0 Å². The Bertz CT molecular complexity index is 444. The van der Waals surface area contributed by atoms with Crippen molar-refractivity contribution in [3.63, 3.8) is 0 Å².